The second kappa shape index (κ2) is 8.48. The van der Waals surface area contributed by atoms with Crippen molar-refractivity contribution < 1.29 is 14.4 Å². The van der Waals surface area contributed by atoms with Crippen LogP contribution in [0, 0.1) is 0 Å². The van der Waals surface area contributed by atoms with Gasteiger partial charge in [0, 0.05) is 44.9 Å². The van der Waals surface area contributed by atoms with Crippen molar-refractivity contribution >= 4 is 23.5 Å². The highest BCUT2D eigenvalue weighted by Crippen LogP contribution is 2.22. The number of amides is 4. The zero-order valence-corrected chi connectivity index (χ0v) is 15.3. The summed E-state index contributed by atoms with van der Waals surface area (Å²) < 4.78 is 2.08. The molecule has 1 saturated heterocycles. The lowest BCUT2D eigenvalue weighted by molar-refractivity contribution is -0.120. The zero-order chi connectivity index (χ0) is 19.2. The van der Waals surface area contributed by atoms with Gasteiger partial charge in [0.1, 0.15) is 5.82 Å². The molecule has 0 radical (unpaired) electrons. The fourth-order valence-electron chi connectivity index (χ4n) is 3.10. The van der Waals surface area contributed by atoms with Crippen molar-refractivity contribution in [1.82, 2.24) is 20.2 Å². The van der Waals surface area contributed by atoms with Crippen LogP contribution < -0.4 is 15.5 Å². The molecule has 142 valence electrons. The van der Waals surface area contributed by atoms with Crippen molar-refractivity contribution in [3.8, 4) is 0 Å². The fraction of sp³-hybridized carbons (Fsp3) is 0.368. The first-order chi connectivity index (χ1) is 13.1. The minimum absolute atomic E-state index is 0.215. The van der Waals surface area contributed by atoms with Crippen LogP contribution in [0.25, 0.3) is 0 Å². The number of para-hydroxylation sites is 1. The Morgan fingerprint density at radius 2 is 2.11 bits per heavy atom. The maximum atomic E-state index is 12.6. The van der Waals surface area contributed by atoms with Gasteiger partial charge in [0.15, 0.2) is 0 Å². The Labute approximate surface area is 157 Å². The minimum Gasteiger partial charge on any atom is -0.352 e. The monoisotopic (exact) mass is 369 g/mol. The first kappa shape index (κ1) is 18.6. The summed E-state index contributed by atoms with van der Waals surface area (Å²) in [6.07, 6.45) is 5.57. The number of urea groups is 1. The molecule has 1 aromatic heterocycles. The average Bonchev–Trinajstić information content (AvgIpc) is 3.12. The smallest absolute Gasteiger partial charge is 0.328 e. The summed E-state index contributed by atoms with van der Waals surface area (Å²) in [6, 6.07) is 6.41. The number of hydrogen-bond acceptors (Lipinski definition) is 4. The number of imidazole rings is 1. The van der Waals surface area contributed by atoms with E-state index in [1.165, 1.54) is 4.90 Å². The Kier molecular flexibility index (Phi) is 5.85. The second-order valence-electron chi connectivity index (χ2n) is 6.27. The maximum Gasteiger partial charge on any atom is 0.328 e. The number of benzene rings is 1. The molecular formula is C19H23N5O3. The molecule has 3 rings (SSSR count). The van der Waals surface area contributed by atoms with Crippen LogP contribution in [0.3, 0.4) is 0 Å². The van der Waals surface area contributed by atoms with Crippen LogP contribution in [0.2, 0.25) is 0 Å². The molecule has 0 aliphatic carbocycles. The normalized spacial score (nSPS) is 14.2. The molecule has 8 nitrogen and oxygen atoms in total. The van der Waals surface area contributed by atoms with Crippen molar-refractivity contribution in [1.29, 1.82) is 0 Å². The third-order valence-electron chi connectivity index (χ3n) is 4.47. The number of carbonyl (C=O) groups excluding carboxylic acids is 3. The van der Waals surface area contributed by atoms with E-state index in [1.807, 2.05) is 6.20 Å². The van der Waals surface area contributed by atoms with Crippen LogP contribution in [0.5, 0.6) is 0 Å². The van der Waals surface area contributed by atoms with Crippen LogP contribution in [0.15, 0.2) is 36.7 Å². The maximum absolute atomic E-state index is 12.6. The molecule has 0 bridgehead atoms. The molecule has 2 heterocycles. The highest BCUT2D eigenvalue weighted by molar-refractivity contribution is 6.09. The van der Waals surface area contributed by atoms with E-state index < -0.39 is 6.03 Å². The average molecular weight is 369 g/mol. The van der Waals surface area contributed by atoms with Gasteiger partial charge in [0.05, 0.1) is 11.3 Å². The van der Waals surface area contributed by atoms with Gasteiger partial charge >= 0.3 is 6.03 Å². The largest absolute Gasteiger partial charge is 0.352 e. The highest BCUT2D eigenvalue weighted by atomic mass is 16.2. The van der Waals surface area contributed by atoms with Crippen molar-refractivity contribution in [3.63, 3.8) is 0 Å². The highest BCUT2D eigenvalue weighted by Gasteiger charge is 2.27. The van der Waals surface area contributed by atoms with Gasteiger partial charge in [0.2, 0.25) is 5.91 Å². The summed E-state index contributed by atoms with van der Waals surface area (Å²) in [6.45, 7) is 3.61. The third kappa shape index (κ3) is 4.33. The van der Waals surface area contributed by atoms with Crippen molar-refractivity contribution in [2.75, 3.05) is 18.0 Å². The van der Waals surface area contributed by atoms with Gasteiger partial charge in [-0.25, -0.2) is 9.78 Å². The summed E-state index contributed by atoms with van der Waals surface area (Å²) in [4.78, 5) is 41.7. The molecule has 4 amide bonds. The number of nitrogens with one attached hydrogen (secondary N) is 2. The number of nitrogens with zero attached hydrogens (tertiary/aromatic N) is 3. The number of anilines is 1. The van der Waals surface area contributed by atoms with E-state index in [1.54, 1.807) is 30.5 Å². The predicted molar refractivity (Wildman–Crippen MR) is 100 cm³/mol. The molecular weight excluding hydrogens is 346 g/mol. The SMILES string of the molecule is CCc1nccn1CCCNC(=O)c1ccccc1N1CCC(=O)NC1=O. The number of aryl methyl sites for hydroxylation is 2. The summed E-state index contributed by atoms with van der Waals surface area (Å²) in [5.74, 6) is 0.484. The second-order valence-corrected chi connectivity index (χ2v) is 6.27. The summed E-state index contributed by atoms with van der Waals surface area (Å²) >= 11 is 0. The van der Waals surface area contributed by atoms with Crippen molar-refractivity contribution in [2.45, 2.75) is 32.7 Å². The molecule has 0 unspecified atom stereocenters. The molecule has 8 heteroatoms. The number of rotatable bonds is 7. The Morgan fingerprint density at radius 1 is 1.30 bits per heavy atom. The third-order valence-corrected chi connectivity index (χ3v) is 4.47. The first-order valence-corrected chi connectivity index (χ1v) is 9.08. The lowest BCUT2D eigenvalue weighted by atomic mass is 10.1. The fourth-order valence-corrected chi connectivity index (χ4v) is 3.10. The van der Waals surface area contributed by atoms with E-state index >= 15 is 0 Å². The van der Waals surface area contributed by atoms with Gasteiger partial charge in [-0.3, -0.25) is 19.8 Å². The number of aromatic nitrogens is 2. The van der Waals surface area contributed by atoms with Crippen LogP contribution >= 0.6 is 0 Å². The van der Waals surface area contributed by atoms with Crippen LogP contribution in [0.4, 0.5) is 10.5 Å². The molecule has 0 atom stereocenters. The molecule has 2 N–H and O–H groups in total. The van der Waals surface area contributed by atoms with Crippen LogP contribution in [-0.4, -0.2) is 40.5 Å². The van der Waals surface area contributed by atoms with Crippen molar-refractivity contribution in [2.24, 2.45) is 0 Å². The molecule has 1 fully saturated rings. The summed E-state index contributed by atoms with van der Waals surface area (Å²) in [7, 11) is 0. The zero-order valence-electron chi connectivity index (χ0n) is 15.3. The van der Waals surface area contributed by atoms with Gasteiger partial charge in [0.25, 0.3) is 5.91 Å². The van der Waals surface area contributed by atoms with E-state index in [9.17, 15) is 14.4 Å². The molecule has 1 aliphatic heterocycles. The number of carbonyl (C=O) groups is 3. The van der Waals surface area contributed by atoms with E-state index in [2.05, 4.69) is 27.1 Å². The van der Waals surface area contributed by atoms with E-state index in [4.69, 9.17) is 0 Å². The Hall–Kier alpha value is -3.16. The molecule has 2 aromatic rings. The molecule has 0 spiro atoms. The van der Waals surface area contributed by atoms with Crippen LogP contribution in [-0.2, 0) is 17.8 Å². The first-order valence-electron chi connectivity index (χ1n) is 9.08. The Morgan fingerprint density at radius 3 is 2.89 bits per heavy atom. The minimum atomic E-state index is -0.501. The lowest BCUT2D eigenvalue weighted by Crippen LogP contribution is -2.50. The molecule has 1 aromatic carbocycles. The lowest BCUT2D eigenvalue weighted by Gasteiger charge is -2.28. The van der Waals surface area contributed by atoms with Gasteiger partial charge < -0.3 is 9.88 Å². The quantitative estimate of drug-likeness (QED) is 0.726. The Bertz CT molecular complexity index is 845. The van der Waals surface area contributed by atoms with Crippen LogP contribution in [0.1, 0.15) is 35.9 Å². The Balaban J connectivity index is 1.60. The summed E-state index contributed by atoms with van der Waals surface area (Å²) in [5, 5.41) is 5.18. The van der Waals surface area contributed by atoms with Gasteiger partial charge in [-0.05, 0) is 18.6 Å². The number of imide groups is 1. The van der Waals surface area contributed by atoms with Crippen molar-refractivity contribution in [3.05, 3.63) is 48.0 Å². The van der Waals surface area contributed by atoms with Gasteiger partial charge in [-0.1, -0.05) is 19.1 Å². The summed E-state index contributed by atoms with van der Waals surface area (Å²) in [5.41, 5.74) is 0.918. The molecule has 1 aliphatic rings. The topological polar surface area (TPSA) is 96.3 Å². The molecule has 27 heavy (non-hydrogen) atoms. The van der Waals surface area contributed by atoms with E-state index in [0.29, 0.717) is 17.8 Å². The van der Waals surface area contributed by atoms with E-state index in [-0.39, 0.29) is 24.8 Å². The standard InChI is InChI=1S/C19H23N5O3/c1-2-16-20-10-13-23(16)11-5-9-21-18(26)14-6-3-4-7-15(14)24-12-8-17(25)22-19(24)27/h3-4,6-7,10,13H,2,5,8-9,11-12H2,1H3,(H,21,26)(H,22,25,27). The predicted octanol–water partition coefficient (Wildman–Crippen LogP) is 1.71. The molecule has 0 saturated carbocycles. The van der Waals surface area contributed by atoms with E-state index in [0.717, 1.165) is 25.2 Å². The number of hydrogen-bond donors (Lipinski definition) is 2. The van der Waals surface area contributed by atoms with Gasteiger partial charge in [-0.2, -0.15) is 0 Å². The van der Waals surface area contributed by atoms with Gasteiger partial charge in [-0.15, -0.1) is 0 Å².